The van der Waals surface area contributed by atoms with Crippen molar-refractivity contribution in [2.24, 2.45) is 5.10 Å². The Kier molecular flexibility index (Phi) is 5.86. The van der Waals surface area contributed by atoms with E-state index in [2.05, 4.69) is 32.1 Å². The number of hydrazone groups is 1. The van der Waals surface area contributed by atoms with Gasteiger partial charge in [-0.15, -0.1) is 0 Å². The number of rotatable bonds is 6. The minimum absolute atomic E-state index is 0.313. The van der Waals surface area contributed by atoms with Crippen molar-refractivity contribution in [2.45, 2.75) is 33.9 Å². The van der Waals surface area contributed by atoms with Crippen molar-refractivity contribution in [1.82, 2.24) is 24.8 Å². The second-order valence-electron chi connectivity index (χ2n) is 7.24. The van der Waals surface area contributed by atoms with Crippen molar-refractivity contribution >= 4 is 34.8 Å². The van der Waals surface area contributed by atoms with Crippen molar-refractivity contribution in [2.75, 3.05) is 0 Å². The van der Waals surface area contributed by atoms with E-state index in [4.69, 9.17) is 11.6 Å². The van der Waals surface area contributed by atoms with Crippen LogP contribution in [0.15, 0.2) is 53.6 Å². The summed E-state index contributed by atoms with van der Waals surface area (Å²) in [6.07, 6.45) is 1.53. The monoisotopic (exact) mass is 434 g/mol. The Bertz CT molecular complexity index is 1270. The normalized spacial score (nSPS) is 11.5. The van der Waals surface area contributed by atoms with E-state index in [1.807, 2.05) is 50.2 Å². The first kappa shape index (κ1) is 20.8. The van der Waals surface area contributed by atoms with Gasteiger partial charge >= 0.3 is 0 Å². The van der Waals surface area contributed by atoms with Crippen LogP contribution in [-0.2, 0) is 13.1 Å². The topological polar surface area (TPSA) is 77.1 Å². The van der Waals surface area contributed by atoms with Crippen molar-refractivity contribution in [3.63, 3.8) is 0 Å². The molecule has 4 aromatic rings. The van der Waals surface area contributed by atoms with E-state index < -0.39 is 0 Å². The average Bonchev–Trinajstić information content (AvgIpc) is 3.23. The number of nitrogens with one attached hydrogen (secondary N) is 1. The molecule has 0 radical (unpaired) electrons. The van der Waals surface area contributed by atoms with Gasteiger partial charge in [0.15, 0.2) is 0 Å². The molecule has 8 heteroatoms. The van der Waals surface area contributed by atoms with E-state index in [1.165, 1.54) is 6.21 Å². The SMILES string of the molecule is CCn1c(C)nc2cc(C(=O)NN=Cc3c(C)nn(Cc4ccccc4)c3Cl)ccc21. The van der Waals surface area contributed by atoms with Crippen molar-refractivity contribution in [3.05, 3.63) is 81.9 Å². The zero-order valence-electron chi connectivity index (χ0n) is 17.6. The summed E-state index contributed by atoms with van der Waals surface area (Å²) in [6, 6.07) is 15.4. The van der Waals surface area contributed by atoms with Gasteiger partial charge in [0.1, 0.15) is 11.0 Å². The number of carbonyl (C=O) groups is 1. The summed E-state index contributed by atoms with van der Waals surface area (Å²) in [5, 5.41) is 9.05. The molecule has 0 aliphatic rings. The summed E-state index contributed by atoms with van der Waals surface area (Å²) < 4.78 is 3.82. The number of aromatic nitrogens is 4. The number of hydrogen-bond acceptors (Lipinski definition) is 4. The number of benzene rings is 2. The van der Waals surface area contributed by atoms with E-state index in [1.54, 1.807) is 16.8 Å². The van der Waals surface area contributed by atoms with Crippen LogP contribution < -0.4 is 5.43 Å². The largest absolute Gasteiger partial charge is 0.329 e. The number of imidazole rings is 1. The predicted molar refractivity (Wildman–Crippen MR) is 123 cm³/mol. The highest BCUT2D eigenvalue weighted by molar-refractivity contribution is 6.32. The molecule has 0 unspecified atom stereocenters. The molecule has 0 fully saturated rings. The van der Waals surface area contributed by atoms with Gasteiger partial charge in [0.05, 0.1) is 35.1 Å². The van der Waals surface area contributed by atoms with Gasteiger partial charge in [-0.2, -0.15) is 10.2 Å². The molecule has 0 bridgehead atoms. The molecule has 2 heterocycles. The smallest absolute Gasteiger partial charge is 0.271 e. The van der Waals surface area contributed by atoms with Crippen LogP contribution in [-0.4, -0.2) is 31.5 Å². The summed E-state index contributed by atoms with van der Waals surface area (Å²) in [5.41, 5.74) is 7.36. The maximum atomic E-state index is 12.5. The highest BCUT2D eigenvalue weighted by atomic mass is 35.5. The highest BCUT2D eigenvalue weighted by Gasteiger charge is 2.13. The second kappa shape index (κ2) is 8.73. The molecule has 2 aromatic carbocycles. The van der Waals surface area contributed by atoms with E-state index >= 15 is 0 Å². The summed E-state index contributed by atoms with van der Waals surface area (Å²) in [4.78, 5) is 17.1. The van der Waals surface area contributed by atoms with Crippen LogP contribution >= 0.6 is 11.6 Å². The van der Waals surface area contributed by atoms with Crippen molar-refractivity contribution in [3.8, 4) is 0 Å². The lowest BCUT2D eigenvalue weighted by Crippen LogP contribution is -2.17. The van der Waals surface area contributed by atoms with E-state index in [-0.39, 0.29) is 5.91 Å². The number of aryl methyl sites for hydroxylation is 3. The number of halogens is 1. The van der Waals surface area contributed by atoms with E-state index in [9.17, 15) is 4.79 Å². The Labute approximate surface area is 185 Å². The number of nitrogens with zero attached hydrogens (tertiary/aromatic N) is 5. The van der Waals surface area contributed by atoms with Crippen LogP contribution in [0, 0.1) is 13.8 Å². The van der Waals surface area contributed by atoms with Crippen molar-refractivity contribution < 1.29 is 4.79 Å². The molecule has 31 heavy (non-hydrogen) atoms. The molecule has 2 aromatic heterocycles. The number of hydrogen-bond donors (Lipinski definition) is 1. The maximum Gasteiger partial charge on any atom is 0.271 e. The van der Waals surface area contributed by atoms with E-state index in [0.717, 1.165) is 34.7 Å². The first-order chi connectivity index (χ1) is 15.0. The van der Waals surface area contributed by atoms with Gasteiger partial charge in [0.2, 0.25) is 0 Å². The van der Waals surface area contributed by atoms with Gasteiger partial charge in [-0.05, 0) is 44.5 Å². The predicted octanol–water partition coefficient (Wildman–Crippen LogP) is 4.34. The van der Waals surface area contributed by atoms with Crippen LogP contribution in [0.4, 0.5) is 0 Å². The molecular weight excluding hydrogens is 412 g/mol. The van der Waals surface area contributed by atoms with Crippen molar-refractivity contribution in [1.29, 1.82) is 0 Å². The second-order valence-corrected chi connectivity index (χ2v) is 7.60. The molecule has 0 aliphatic heterocycles. The summed E-state index contributed by atoms with van der Waals surface area (Å²) in [5.74, 6) is 0.609. The molecule has 0 aliphatic carbocycles. The quantitative estimate of drug-likeness (QED) is 0.362. The van der Waals surface area contributed by atoms with Crippen LogP contribution in [0.3, 0.4) is 0 Å². The molecule has 158 valence electrons. The minimum atomic E-state index is -0.313. The molecule has 0 spiro atoms. The molecule has 1 N–H and O–H groups in total. The van der Waals surface area contributed by atoms with Crippen LogP contribution in [0.1, 0.15) is 39.9 Å². The van der Waals surface area contributed by atoms with Gasteiger partial charge in [-0.25, -0.2) is 15.1 Å². The number of fused-ring (bicyclic) bond motifs is 1. The minimum Gasteiger partial charge on any atom is -0.329 e. The number of amides is 1. The lowest BCUT2D eigenvalue weighted by atomic mass is 10.2. The molecule has 0 saturated carbocycles. The molecular formula is C23H23ClN6O. The Morgan fingerprint density at radius 3 is 2.71 bits per heavy atom. The zero-order chi connectivity index (χ0) is 22.0. The molecule has 4 rings (SSSR count). The van der Waals surface area contributed by atoms with Crippen LogP contribution in [0.5, 0.6) is 0 Å². The first-order valence-electron chi connectivity index (χ1n) is 10.0. The maximum absolute atomic E-state index is 12.5. The Morgan fingerprint density at radius 1 is 1.19 bits per heavy atom. The zero-order valence-corrected chi connectivity index (χ0v) is 18.4. The van der Waals surface area contributed by atoms with E-state index in [0.29, 0.717) is 22.8 Å². The molecule has 0 atom stereocenters. The fourth-order valence-electron chi connectivity index (χ4n) is 3.59. The lowest BCUT2D eigenvalue weighted by molar-refractivity contribution is 0.0955. The summed E-state index contributed by atoms with van der Waals surface area (Å²) in [6.45, 7) is 7.27. The fraction of sp³-hybridized carbons (Fsp3) is 0.217. The Hall–Kier alpha value is -3.45. The fourth-order valence-corrected chi connectivity index (χ4v) is 3.87. The standard InChI is InChI=1S/C23H23ClN6O/c1-4-29-16(3)26-20-12-18(10-11-21(20)29)23(31)27-25-13-19-15(2)28-30(22(19)24)14-17-8-6-5-7-9-17/h5-13H,4,14H2,1-3H3,(H,27,31). The third-order valence-corrected chi connectivity index (χ3v) is 5.56. The van der Waals surface area contributed by atoms with Gasteiger partial charge in [-0.3, -0.25) is 4.79 Å². The lowest BCUT2D eigenvalue weighted by Gasteiger charge is -2.03. The molecule has 1 amide bonds. The Balaban J connectivity index is 1.48. The van der Waals surface area contributed by atoms with Gasteiger partial charge in [0, 0.05) is 12.1 Å². The van der Waals surface area contributed by atoms with Gasteiger partial charge in [-0.1, -0.05) is 41.9 Å². The van der Waals surface area contributed by atoms with Crippen LogP contribution in [0.2, 0.25) is 5.15 Å². The average molecular weight is 435 g/mol. The molecule has 0 saturated heterocycles. The molecule has 7 nitrogen and oxygen atoms in total. The highest BCUT2D eigenvalue weighted by Crippen LogP contribution is 2.20. The van der Waals surface area contributed by atoms with Crippen LogP contribution in [0.25, 0.3) is 11.0 Å². The third-order valence-electron chi connectivity index (χ3n) is 5.16. The number of carbonyl (C=O) groups excluding carboxylic acids is 1. The van der Waals surface area contributed by atoms with Gasteiger partial charge < -0.3 is 4.57 Å². The third kappa shape index (κ3) is 4.22. The first-order valence-corrected chi connectivity index (χ1v) is 10.4. The summed E-state index contributed by atoms with van der Waals surface area (Å²) in [7, 11) is 0. The Morgan fingerprint density at radius 2 is 1.97 bits per heavy atom. The summed E-state index contributed by atoms with van der Waals surface area (Å²) >= 11 is 6.49. The van der Waals surface area contributed by atoms with Gasteiger partial charge in [0.25, 0.3) is 5.91 Å².